The van der Waals surface area contributed by atoms with Crippen molar-refractivity contribution in [3.63, 3.8) is 0 Å². The van der Waals surface area contributed by atoms with Crippen molar-refractivity contribution in [1.29, 1.82) is 0 Å². The molecule has 0 radical (unpaired) electrons. The fraction of sp³-hybridized carbons (Fsp3) is 0.222. The van der Waals surface area contributed by atoms with Gasteiger partial charge in [0.2, 0.25) is 7.37 Å². The Hall–Kier alpha value is -1.63. The summed E-state index contributed by atoms with van der Waals surface area (Å²) in [4.78, 5) is 10.6. The number of rotatable bonds is 5. The Morgan fingerprint density at radius 2 is 1.52 bits per heavy atom. The molecular weight excluding hydrogens is 279 g/mol. The molecule has 0 bridgehead atoms. The molecule has 0 fully saturated rings. The highest BCUT2D eigenvalue weighted by atomic mass is 31.2. The van der Waals surface area contributed by atoms with Crippen LogP contribution in [-0.2, 0) is 10.7 Å². The minimum Gasteiger partial charge on any atom is -0.341 e. The van der Waals surface area contributed by atoms with Gasteiger partial charge in [0, 0.05) is 5.31 Å². The van der Waals surface area contributed by atoms with Crippen LogP contribution in [0.25, 0.3) is 5.57 Å². The Morgan fingerprint density at radius 3 is 2.05 bits per heavy atom. The molecule has 1 N–H and O–H groups in total. The largest absolute Gasteiger partial charge is 0.341 e. The van der Waals surface area contributed by atoms with Gasteiger partial charge in [-0.2, -0.15) is 0 Å². The van der Waals surface area contributed by atoms with Crippen LogP contribution in [0, 0.1) is 0 Å². The molecular formula is C18H21O2P. The third-order valence-corrected chi connectivity index (χ3v) is 5.92. The van der Waals surface area contributed by atoms with Crippen LogP contribution < -0.4 is 0 Å². The predicted molar refractivity (Wildman–Crippen MR) is 89.3 cm³/mol. The smallest absolute Gasteiger partial charge is 0.230 e. The van der Waals surface area contributed by atoms with Crippen molar-refractivity contribution in [2.24, 2.45) is 0 Å². The normalized spacial score (nSPS) is 15.2. The molecule has 0 heterocycles. The van der Waals surface area contributed by atoms with E-state index in [0.717, 1.165) is 16.7 Å². The van der Waals surface area contributed by atoms with Gasteiger partial charge in [-0.1, -0.05) is 67.6 Å². The quantitative estimate of drug-likeness (QED) is 0.761. The Balaban J connectivity index is 2.38. The molecule has 21 heavy (non-hydrogen) atoms. The third kappa shape index (κ3) is 3.93. The lowest BCUT2D eigenvalue weighted by molar-refractivity contribution is 0.483. The zero-order chi connectivity index (χ0) is 15.3. The first kappa shape index (κ1) is 15.8. The molecule has 1 unspecified atom stereocenters. The summed E-state index contributed by atoms with van der Waals surface area (Å²) in [6, 6.07) is 19.3. The molecule has 0 spiro atoms. The molecule has 110 valence electrons. The zero-order valence-corrected chi connectivity index (χ0v) is 13.4. The van der Waals surface area contributed by atoms with Crippen LogP contribution in [0.4, 0.5) is 0 Å². The summed E-state index contributed by atoms with van der Waals surface area (Å²) in [5.41, 5.74) is 2.83. The van der Waals surface area contributed by atoms with E-state index in [0.29, 0.717) is 11.7 Å². The van der Waals surface area contributed by atoms with E-state index in [1.807, 2.05) is 74.5 Å². The zero-order valence-electron chi connectivity index (χ0n) is 12.5. The second-order valence-electron chi connectivity index (χ2n) is 5.14. The molecule has 0 aliphatic carbocycles. The molecule has 0 saturated heterocycles. The van der Waals surface area contributed by atoms with Crippen molar-refractivity contribution >= 4 is 12.9 Å². The summed E-state index contributed by atoms with van der Waals surface area (Å²) in [7, 11) is -3.37. The van der Waals surface area contributed by atoms with E-state index in [1.165, 1.54) is 0 Å². The highest BCUT2D eigenvalue weighted by Crippen LogP contribution is 2.56. The summed E-state index contributed by atoms with van der Waals surface area (Å²) in [5, 5.41) is 0.664. The second kappa shape index (κ2) is 6.89. The van der Waals surface area contributed by atoms with Crippen molar-refractivity contribution < 1.29 is 9.46 Å². The average molecular weight is 300 g/mol. The Kier molecular flexibility index (Phi) is 5.17. The van der Waals surface area contributed by atoms with Crippen LogP contribution in [0.2, 0.25) is 0 Å². The lowest BCUT2D eigenvalue weighted by Gasteiger charge is -2.18. The molecule has 0 aromatic heterocycles. The van der Waals surface area contributed by atoms with E-state index in [9.17, 15) is 9.46 Å². The van der Waals surface area contributed by atoms with Crippen LogP contribution in [0.1, 0.15) is 31.4 Å². The Morgan fingerprint density at radius 1 is 1.00 bits per heavy atom. The van der Waals surface area contributed by atoms with Gasteiger partial charge < -0.3 is 4.89 Å². The Labute approximate surface area is 126 Å². The molecule has 2 rings (SSSR count). The van der Waals surface area contributed by atoms with Crippen LogP contribution in [0.3, 0.4) is 0 Å². The van der Waals surface area contributed by atoms with Gasteiger partial charge in [-0.15, -0.1) is 0 Å². The molecule has 2 nitrogen and oxygen atoms in total. The number of allylic oxidation sites excluding steroid dienone is 2. The van der Waals surface area contributed by atoms with Crippen molar-refractivity contribution in [1.82, 2.24) is 0 Å². The molecule has 0 amide bonds. The number of benzene rings is 2. The highest BCUT2D eigenvalue weighted by molar-refractivity contribution is 7.61. The SMILES string of the molecule is CCC(=C(C)c1ccccc1)P(=O)(O)Cc1ccccc1. The predicted octanol–water partition coefficient (Wildman–Crippen LogP) is 5.30. The van der Waals surface area contributed by atoms with Gasteiger partial charge in [-0.05, 0) is 30.0 Å². The minimum atomic E-state index is -3.37. The maximum absolute atomic E-state index is 12.8. The molecule has 3 heteroatoms. The van der Waals surface area contributed by atoms with Crippen LogP contribution in [0.5, 0.6) is 0 Å². The third-order valence-electron chi connectivity index (χ3n) is 3.64. The van der Waals surface area contributed by atoms with E-state index in [1.54, 1.807) is 0 Å². The summed E-state index contributed by atoms with van der Waals surface area (Å²) in [6.07, 6.45) is 0.780. The van der Waals surface area contributed by atoms with Crippen LogP contribution >= 0.6 is 7.37 Å². The number of hydrogen-bond donors (Lipinski definition) is 1. The van der Waals surface area contributed by atoms with E-state index in [2.05, 4.69) is 0 Å². The van der Waals surface area contributed by atoms with E-state index in [4.69, 9.17) is 0 Å². The maximum Gasteiger partial charge on any atom is 0.230 e. The van der Waals surface area contributed by atoms with E-state index < -0.39 is 7.37 Å². The van der Waals surface area contributed by atoms with Gasteiger partial charge in [-0.25, -0.2) is 0 Å². The average Bonchev–Trinajstić information content (AvgIpc) is 2.49. The fourth-order valence-corrected chi connectivity index (χ4v) is 4.60. The lowest BCUT2D eigenvalue weighted by Crippen LogP contribution is -1.95. The van der Waals surface area contributed by atoms with E-state index in [-0.39, 0.29) is 6.16 Å². The van der Waals surface area contributed by atoms with Gasteiger partial charge in [0.05, 0.1) is 6.16 Å². The first-order valence-electron chi connectivity index (χ1n) is 7.16. The lowest BCUT2D eigenvalue weighted by atomic mass is 10.1. The summed E-state index contributed by atoms with van der Waals surface area (Å²) in [6.45, 7) is 3.87. The first-order valence-corrected chi connectivity index (χ1v) is 9.00. The fourth-order valence-electron chi connectivity index (χ4n) is 2.56. The highest BCUT2D eigenvalue weighted by Gasteiger charge is 2.25. The monoisotopic (exact) mass is 300 g/mol. The Bertz CT molecular complexity index is 660. The van der Waals surface area contributed by atoms with Gasteiger partial charge in [0.15, 0.2) is 0 Å². The van der Waals surface area contributed by atoms with Gasteiger partial charge in [-0.3, -0.25) is 4.57 Å². The molecule has 0 aliphatic rings. The van der Waals surface area contributed by atoms with Crippen LogP contribution in [0.15, 0.2) is 66.0 Å². The first-order chi connectivity index (χ1) is 10.0. The van der Waals surface area contributed by atoms with Gasteiger partial charge >= 0.3 is 0 Å². The summed E-state index contributed by atoms with van der Waals surface area (Å²) >= 11 is 0. The van der Waals surface area contributed by atoms with Crippen molar-refractivity contribution in [2.45, 2.75) is 26.4 Å². The molecule has 2 aromatic rings. The van der Waals surface area contributed by atoms with Crippen molar-refractivity contribution in [3.05, 3.63) is 77.1 Å². The van der Waals surface area contributed by atoms with E-state index >= 15 is 0 Å². The number of hydrogen-bond acceptors (Lipinski definition) is 1. The maximum atomic E-state index is 12.8. The van der Waals surface area contributed by atoms with Crippen molar-refractivity contribution in [2.75, 3.05) is 0 Å². The topological polar surface area (TPSA) is 37.3 Å². The minimum absolute atomic E-state index is 0.196. The molecule has 1 atom stereocenters. The van der Waals surface area contributed by atoms with Crippen LogP contribution in [-0.4, -0.2) is 4.89 Å². The molecule has 0 saturated carbocycles. The van der Waals surface area contributed by atoms with Crippen molar-refractivity contribution in [3.8, 4) is 0 Å². The molecule has 2 aromatic carbocycles. The standard InChI is InChI=1S/C18H21O2P/c1-3-18(15(2)17-12-8-5-9-13-17)21(19,20)14-16-10-6-4-7-11-16/h4-13H,3,14H2,1-2H3,(H,19,20). The molecule has 0 aliphatic heterocycles. The summed E-state index contributed by atoms with van der Waals surface area (Å²) in [5.74, 6) is 0. The summed E-state index contributed by atoms with van der Waals surface area (Å²) < 4.78 is 12.8. The van der Waals surface area contributed by atoms with Gasteiger partial charge in [0.25, 0.3) is 0 Å². The second-order valence-corrected chi connectivity index (χ2v) is 7.40. The van der Waals surface area contributed by atoms with Gasteiger partial charge in [0.1, 0.15) is 0 Å².